The Kier molecular flexibility index (Phi) is 6.47. The third-order valence-corrected chi connectivity index (χ3v) is 3.76. The van der Waals surface area contributed by atoms with Crippen molar-refractivity contribution in [2.24, 2.45) is 5.73 Å². The van der Waals surface area contributed by atoms with Gasteiger partial charge in [-0.1, -0.05) is 0 Å². The molecule has 10 nitrogen and oxygen atoms in total. The van der Waals surface area contributed by atoms with E-state index < -0.39 is 5.91 Å². The summed E-state index contributed by atoms with van der Waals surface area (Å²) >= 11 is 0. The number of amides is 2. The summed E-state index contributed by atoms with van der Waals surface area (Å²) in [6, 6.07) is 5.15. The number of nitrogens with one attached hydrogen (secondary N) is 2. The predicted molar refractivity (Wildman–Crippen MR) is 95.6 cm³/mol. The van der Waals surface area contributed by atoms with Gasteiger partial charge >= 0.3 is 0 Å². The van der Waals surface area contributed by atoms with Crippen molar-refractivity contribution in [3.05, 3.63) is 24.0 Å². The Labute approximate surface area is 155 Å². The Balaban J connectivity index is 0.00000243. The third-order valence-electron chi connectivity index (χ3n) is 3.76. The molecule has 1 fully saturated rings. The smallest absolute Gasteiger partial charge is 0.243 e. The zero-order valence-electron chi connectivity index (χ0n) is 14.1. The monoisotopic (exact) mass is 381 g/mol. The second-order valence-corrected chi connectivity index (χ2v) is 5.64. The van der Waals surface area contributed by atoms with Crippen molar-refractivity contribution >= 4 is 29.9 Å². The molecule has 0 saturated heterocycles. The van der Waals surface area contributed by atoms with Gasteiger partial charge in [-0.2, -0.15) is 4.68 Å². The van der Waals surface area contributed by atoms with Gasteiger partial charge in [0.1, 0.15) is 11.4 Å². The number of tetrazole rings is 1. The molecule has 26 heavy (non-hydrogen) atoms. The molecule has 0 aliphatic heterocycles. The number of nitrogens with zero attached hydrogens (tertiary/aromatic N) is 4. The lowest BCUT2D eigenvalue weighted by Crippen LogP contribution is -2.36. The Hall–Kier alpha value is -2.72. The van der Waals surface area contributed by atoms with E-state index in [2.05, 4.69) is 26.2 Å². The van der Waals surface area contributed by atoms with Crippen LogP contribution in [0.1, 0.15) is 24.6 Å². The van der Waals surface area contributed by atoms with Crippen molar-refractivity contribution in [3.8, 4) is 11.4 Å². The number of rotatable bonds is 7. The van der Waals surface area contributed by atoms with E-state index in [1.807, 2.05) is 0 Å². The van der Waals surface area contributed by atoms with Gasteiger partial charge in [0, 0.05) is 11.6 Å². The van der Waals surface area contributed by atoms with Gasteiger partial charge in [-0.3, -0.25) is 9.59 Å². The first-order valence-corrected chi connectivity index (χ1v) is 7.85. The predicted octanol–water partition coefficient (Wildman–Crippen LogP) is -0.0165. The van der Waals surface area contributed by atoms with Gasteiger partial charge in [0.05, 0.1) is 20.2 Å². The van der Waals surface area contributed by atoms with Crippen LogP contribution in [0.25, 0.3) is 5.69 Å². The molecule has 0 unspecified atom stereocenters. The number of ether oxygens (including phenoxy) is 1. The van der Waals surface area contributed by atoms with E-state index in [0.717, 1.165) is 18.7 Å². The number of methoxy groups -OCH3 is 1. The lowest BCUT2D eigenvalue weighted by molar-refractivity contribution is -0.123. The van der Waals surface area contributed by atoms with Crippen LogP contribution in [0.3, 0.4) is 0 Å². The Morgan fingerprint density at radius 2 is 2.12 bits per heavy atom. The highest BCUT2D eigenvalue weighted by Crippen LogP contribution is 2.40. The van der Waals surface area contributed by atoms with E-state index in [-0.39, 0.29) is 31.4 Å². The Morgan fingerprint density at radius 1 is 1.35 bits per heavy atom. The molecule has 3 rings (SSSR count). The van der Waals surface area contributed by atoms with Crippen LogP contribution in [0.15, 0.2) is 18.2 Å². The van der Waals surface area contributed by atoms with Crippen LogP contribution in [0.5, 0.6) is 5.75 Å². The fourth-order valence-electron chi connectivity index (χ4n) is 2.35. The van der Waals surface area contributed by atoms with Gasteiger partial charge in [0.2, 0.25) is 11.8 Å². The molecular formula is C15H20ClN7O3. The summed E-state index contributed by atoms with van der Waals surface area (Å²) in [5.74, 6) is 0.954. The summed E-state index contributed by atoms with van der Waals surface area (Å²) in [5.41, 5.74) is 6.36. The molecule has 0 atom stereocenters. The molecule has 1 aliphatic rings. The standard InChI is InChI=1S/C15H19N7O3.ClH/c1-25-12-5-4-10(18-14(24)8-17-13(23)7-16)6-11(12)22-15(9-2-3-9)19-20-21-22;/h4-6,9H,2-3,7-8,16H2,1H3,(H,17,23)(H,18,24);1H. The summed E-state index contributed by atoms with van der Waals surface area (Å²) < 4.78 is 7.01. The van der Waals surface area contributed by atoms with Crippen LogP contribution in [-0.2, 0) is 9.59 Å². The molecule has 1 aromatic carbocycles. The molecule has 1 saturated carbocycles. The van der Waals surface area contributed by atoms with E-state index in [1.54, 1.807) is 30.0 Å². The molecule has 2 aromatic rings. The zero-order chi connectivity index (χ0) is 17.8. The Bertz CT molecular complexity index is 791. The third kappa shape index (κ3) is 4.46. The maximum atomic E-state index is 11.9. The van der Waals surface area contributed by atoms with Crippen molar-refractivity contribution in [3.63, 3.8) is 0 Å². The second kappa shape index (κ2) is 8.59. The molecule has 1 aromatic heterocycles. The number of benzene rings is 1. The quantitative estimate of drug-likeness (QED) is 0.613. The molecule has 11 heteroatoms. The minimum Gasteiger partial charge on any atom is -0.494 e. The van der Waals surface area contributed by atoms with Crippen molar-refractivity contribution < 1.29 is 14.3 Å². The number of aromatic nitrogens is 4. The highest BCUT2D eigenvalue weighted by molar-refractivity contribution is 5.95. The maximum Gasteiger partial charge on any atom is 0.243 e. The van der Waals surface area contributed by atoms with E-state index in [9.17, 15) is 9.59 Å². The summed E-state index contributed by atoms with van der Waals surface area (Å²) in [4.78, 5) is 23.0. The zero-order valence-corrected chi connectivity index (χ0v) is 15.0. The number of carbonyl (C=O) groups excluding carboxylic acids is 2. The summed E-state index contributed by atoms with van der Waals surface area (Å²) in [7, 11) is 1.56. The topological polar surface area (TPSA) is 137 Å². The van der Waals surface area contributed by atoms with E-state index in [0.29, 0.717) is 23.0 Å². The van der Waals surface area contributed by atoms with Gasteiger partial charge < -0.3 is 21.1 Å². The molecule has 1 heterocycles. The SMILES string of the molecule is COc1ccc(NC(=O)CNC(=O)CN)cc1-n1nnnc1C1CC1.Cl. The van der Waals surface area contributed by atoms with E-state index in [1.165, 1.54) is 0 Å². The largest absolute Gasteiger partial charge is 0.494 e. The highest BCUT2D eigenvalue weighted by Gasteiger charge is 2.30. The fourth-order valence-corrected chi connectivity index (χ4v) is 2.35. The van der Waals surface area contributed by atoms with Crippen molar-refractivity contribution in [2.45, 2.75) is 18.8 Å². The minimum atomic E-state index is -0.395. The molecule has 1 aliphatic carbocycles. The molecule has 140 valence electrons. The van der Waals surface area contributed by atoms with Gasteiger partial charge in [-0.15, -0.1) is 17.5 Å². The number of hydrogen-bond acceptors (Lipinski definition) is 7. The van der Waals surface area contributed by atoms with E-state index in [4.69, 9.17) is 10.5 Å². The highest BCUT2D eigenvalue weighted by atomic mass is 35.5. The average Bonchev–Trinajstić information content (AvgIpc) is 3.36. The second-order valence-electron chi connectivity index (χ2n) is 5.64. The van der Waals surface area contributed by atoms with Gasteiger partial charge in [0.25, 0.3) is 0 Å². The molecule has 2 amide bonds. The molecular weight excluding hydrogens is 362 g/mol. The lowest BCUT2D eigenvalue weighted by Gasteiger charge is -2.12. The molecule has 0 bridgehead atoms. The van der Waals surface area contributed by atoms with Crippen LogP contribution >= 0.6 is 12.4 Å². The number of nitrogens with two attached hydrogens (primary N) is 1. The molecule has 4 N–H and O–H groups in total. The summed E-state index contributed by atoms with van der Waals surface area (Å²) in [5, 5.41) is 17.0. The minimum absolute atomic E-state index is 0. The number of anilines is 1. The van der Waals surface area contributed by atoms with Crippen LogP contribution in [-0.4, -0.2) is 52.2 Å². The molecule has 0 radical (unpaired) electrons. The van der Waals surface area contributed by atoms with E-state index >= 15 is 0 Å². The van der Waals surface area contributed by atoms with Crippen LogP contribution < -0.4 is 21.1 Å². The van der Waals surface area contributed by atoms with Gasteiger partial charge in [-0.25, -0.2) is 0 Å². The first kappa shape index (κ1) is 19.6. The lowest BCUT2D eigenvalue weighted by atomic mass is 10.2. The van der Waals surface area contributed by atoms with Crippen molar-refractivity contribution in [1.82, 2.24) is 25.5 Å². The summed E-state index contributed by atoms with van der Waals surface area (Å²) in [6.07, 6.45) is 2.11. The van der Waals surface area contributed by atoms with Crippen molar-refractivity contribution in [2.75, 3.05) is 25.5 Å². The number of carbonyl (C=O) groups is 2. The molecule has 0 spiro atoms. The first-order valence-electron chi connectivity index (χ1n) is 7.85. The van der Waals surface area contributed by atoms with Gasteiger partial charge in [0.15, 0.2) is 5.82 Å². The Morgan fingerprint density at radius 3 is 2.77 bits per heavy atom. The van der Waals surface area contributed by atoms with Crippen LogP contribution in [0.4, 0.5) is 5.69 Å². The average molecular weight is 382 g/mol. The fraction of sp³-hybridized carbons (Fsp3) is 0.400. The number of halogens is 1. The van der Waals surface area contributed by atoms with Gasteiger partial charge in [-0.05, 0) is 41.5 Å². The number of hydrogen-bond donors (Lipinski definition) is 3. The van der Waals surface area contributed by atoms with Crippen LogP contribution in [0.2, 0.25) is 0 Å². The van der Waals surface area contributed by atoms with Crippen molar-refractivity contribution in [1.29, 1.82) is 0 Å². The first-order chi connectivity index (χ1) is 12.1. The normalized spacial score (nSPS) is 12.8. The maximum absolute atomic E-state index is 11.9. The summed E-state index contributed by atoms with van der Waals surface area (Å²) in [6.45, 7) is -0.321. The van der Waals surface area contributed by atoms with Crippen LogP contribution in [0, 0.1) is 0 Å².